The largest absolute Gasteiger partial charge is 0.356 e. The van der Waals surface area contributed by atoms with E-state index in [-0.39, 0.29) is 0 Å². The summed E-state index contributed by atoms with van der Waals surface area (Å²) in [6.45, 7) is 3.99. The first kappa shape index (κ1) is 15.8. The second kappa shape index (κ2) is 8.00. The van der Waals surface area contributed by atoms with Crippen molar-refractivity contribution in [1.82, 2.24) is 25.4 Å². The van der Waals surface area contributed by atoms with Crippen LogP contribution in [-0.4, -0.2) is 34.3 Å². The fourth-order valence-electron chi connectivity index (χ4n) is 3.07. The lowest BCUT2D eigenvalue weighted by molar-refractivity contribution is 0.270. The molecule has 0 bridgehead atoms. The average Bonchev–Trinajstić information content (AvgIpc) is 2.88. The molecule has 0 aromatic carbocycles. The minimum Gasteiger partial charge on any atom is -0.356 e. The maximum Gasteiger partial charge on any atom is 0.191 e. The molecule has 6 heteroatoms. The molecular formula is C15H28N6. The van der Waals surface area contributed by atoms with Gasteiger partial charge in [0.05, 0.1) is 6.54 Å². The predicted molar refractivity (Wildman–Crippen MR) is 84.9 cm³/mol. The molecule has 1 aromatic heterocycles. The monoisotopic (exact) mass is 292 g/mol. The van der Waals surface area contributed by atoms with Gasteiger partial charge in [0.1, 0.15) is 6.33 Å². The minimum atomic E-state index is 0.636. The van der Waals surface area contributed by atoms with Gasteiger partial charge >= 0.3 is 0 Å². The number of hydrogen-bond donors (Lipinski definition) is 2. The Morgan fingerprint density at radius 3 is 2.95 bits per heavy atom. The fraction of sp³-hybridized carbons (Fsp3) is 0.800. The van der Waals surface area contributed by atoms with Crippen LogP contribution in [0.2, 0.25) is 0 Å². The predicted octanol–water partition coefficient (Wildman–Crippen LogP) is 1.70. The number of nitrogens with one attached hydrogen (secondary N) is 2. The van der Waals surface area contributed by atoms with Crippen molar-refractivity contribution in [2.75, 3.05) is 13.6 Å². The summed E-state index contributed by atoms with van der Waals surface area (Å²) in [6.07, 6.45) is 8.51. The molecule has 2 N–H and O–H groups in total. The van der Waals surface area contributed by atoms with Gasteiger partial charge < -0.3 is 15.2 Å². The maximum atomic E-state index is 4.25. The number of aryl methyl sites for hydroxylation is 1. The van der Waals surface area contributed by atoms with Crippen molar-refractivity contribution >= 4 is 5.96 Å². The van der Waals surface area contributed by atoms with Crippen LogP contribution in [0.15, 0.2) is 11.3 Å². The smallest absolute Gasteiger partial charge is 0.191 e. The van der Waals surface area contributed by atoms with E-state index in [1.807, 2.05) is 11.6 Å². The highest BCUT2D eigenvalue weighted by atomic mass is 15.3. The van der Waals surface area contributed by atoms with Crippen LogP contribution >= 0.6 is 0 Å². The van der Waals surface area contributed by atoms with E-state index in [0.29, 0.717) is 6.54 Å². The fourth-order valence-corrected chi connectivity index (χ4v) is 3.07. The van der Waals surface area contributed by atoms with Crippen molar-refractivity contribution < 1.29 is 0 Å². The summed E-state index contributed by atoms with van der Waals surface area (Å²) in [7, 11) is 3.74. The normalized spacial score (nSPS) is 23.1. The molecule has 2 atom stereocenters. The molecule has 0 spiro atoms. The van der Waals surface area contributed by atoms with Crippen LogP contribution in [0.25, 0.3) is 0 Å². The molecule has 1 saturated carbocycles. The zero-order valence-corrected chi connectivity index (χ0v) is 13.5. The van der Waals surface area contributed by atoms with Crippen LogP contribution < -0.4 is 10.6 Å². The molecule has 21 heavy (non-hydrogen) atoms. The summed E-state index contributed by atoms with van der Waals surface area (Å²) in [4.78, 5) is 4.25. The van der Waals surface area contributed by atoms with E-state index in [9.17, 15) is 0 Å². The molecule has 6 nitrogen and oxygen atoms in total. The summed E-state index contributed by atoms with van der Waals surface area (Å²) < 4.78 is 1.91. The number of aromatic nitrogens is 3. The van der Waals surface area contributed by atoms with Gasteiger partial charge in [-0.05, 0) is 24.7 Å². The van der Waals surface area contributed by atoms with Crippen molar-refractivity contribution in [1.29, 1.82) is 0 Å². The van der Waals surface area contributed by atoms with E-state index in [1.54, 1.807) is 13.4 Å². The lowest BCUT2D eigenvalue weighted by Crippen LogP contribution is -2.38. The molecular weight excluding hydrogens is 264 g/mol. The molecule has 1 aliphatic rings. The van der Waals surface area contributed by atoms with Crippen LogP contribution in [0.4, 0.5) is 0 Å². The number of aliphatic imine (C=N–C) groups is 1. The number of guanidine groups is 1. The van der Waals surface area contributed by atoms with Gasteiger partial charge in [-0.15, -0.1) is 10.2 Å². The molecule has 0 radical (unpaired) electrons. The van der Waals surface area contributed by atoms with Crippen molar-refractivity contribution in [2.45, 2.75) is 45.6 Å². The van der Waals surface area contributed by atoms with Crippen LogP contribution in [-0.2, 0) is 13.6 Å². The Balaban J connectivity index is 1.67. The van der Waals surface area contributed by atoms with Gasteiger partial charge in [0.15, 0.2) is 11.8 Å². The summed E-state index contributed by atoms with van der Waals surface area (Å²) in [6, 6.07) is 0. The number of nitrogens with zero attached hydrogens (tertiary/aromatic N) is 4. The van der Waals surface area contributed by atoms with E-state index in [2.05, 4.69) is 32.7 Å². The third-order valence-electron chi connectivity index (χ3n) is 4.33. The quantitative estimate of drug-likeness (QED) is 0.640. The molecule has 118 valence electrons. The third kappa shape index (κ3) is 5.02. The molecule has 1 aliphatic carbocycles. The van der Waals surface area contributed by atoms with Gasteiger partial charge in [-0.25, -0.2) is 0 Å². The van der Waals surface area contributed by atoms with Crippen LogP contribution in [0, 0.1) is 11.8 Å². The van der Waals surface area contributed by atoms with E-state index >= 15 is 0 Å². The number of rotatable bonds is 5. The second-order valence-corrected chi connectivity index (χ2v) is 6.14. The Hall–Kier alpha value is -1.59. The molecule has 1 aromatic rings. The van der Waals surface area contributed by atoms with Gasteiger partial charge in [-0.2, -0.15) is 0 Å². The van der Waals surface area contributed by atoms with E-state index in [1.165, 1.54) is 32.1 Å². The Morgan fingerprint density at radius 2 is 2.29 bits per heavy atom. The lowest BCUT2D eigenvalue weighted by Gasteiger charge is -2.26. The van der Waals surface area contributed by atoms with Gasteiger partial charge in [-0.1, -0.05) is 26.2 Å². The Morgan fingerprint density at radius 1 is 1.43 bits per heavy atom. The highest BCUT2D eigenvalue weighted by Crippen LogP contribution is 2.30. The highest BCUT2D eigenvalue weighted by Gasteiger charge is 2.18. The summed E-state index contributed by atoms with van der Waals surface area (Å²) >= 11 is 0. The van der Waals surface area contributed by atoms with Gasteiger partial charge in [0, 0.05) is 20.6 Å². The second-order valence-electron chi connectivity index (χ2n) is 6.14. The Labute approximate surface area is 127 Å². The standard InChI is InChI=1S/C15H28N6/c1-12-5-4-6-13(9-12)7-8-17-15(16-2)18-10-14-20-19-11-21(14)3/h11-13H,4-10H2,1-3H3,(H2,16,17,18). The molecule has 2 unspecified atom stereocenters. The van der Waals surface area contributed by atoms with Crippen molar-refractivity contribution in [2.24, 2.45) is 23.9 Å². The zero-order chi connectivity index (χ0) is 15.1. The first-order chi connectivity index (χ1) is 10.2. The van der Waals surface area contributed by atoms with Crippen molar-refractivity contribution in [3.8, 4) is 0 Å². The SMILES string of the molecule is CN=C(NCCC1CCCC(C)C1)NCc1nncn1C. The van der Waals surface area contributed by atoms with E-state index in [4.69, 9.17) is 0 Å². The highest BCUT2D eigenvalue weighted by molar-refractivity contribution is 5.79. The summed E-state index contributed by atoms with van der Waals surface area (Å²) in [5.74, 6) is 3.51. The third-order valence-corrected chi connectivity index (χ3v) is 4.33. The molecule has 1 heterocycles. The zero-order valence-electron chi connectivity index (χ0n) is 13.5. The van der Waals surface area contributed by atoms with Gasteiger partial charge in [0.25, 0.3) is 0 Å². The average molecular weight is 292 g/mol. The minimum absolute atomic E-state index is 0.636. The summed E-state index contributed by atoms with van der Waals surface area (Å²) in [5, 5.41) is 14.6. The first-order valence-electron chi connectivity index (χ1n) is 7.96. The Bertz CT molecular complexity index is 453. The van der Waals surface area contributed by atoms with Crippen molar-refractivity contribution in [3.63, 3.8) is 0 Å². The maximum absolute atomic E-state index is 4.25. The lowest BCUT2D eigenvalue weighted by atomic mass is 9.81. The van der Waals surface area contributed by atoms with Crippen LogP contribution in [0.5, 0.6) is 0 Å². The van der Waals surface area contributed by atoms with E-state index in [0.717, 1.165) is 30.2 Å². The summed E-state index contributed by atoms with van der Waals surface area (Å²) in [5.41, 5.74) is 0. The van der Waals surface area contributed by atoms with Gasteiger partial charge in [0.2, 0.25) is 0 Å². The van der Waals surface area contributed by atoms with Crippen LogP contribution in [0.3, 0.4) is 0 Å². The molecule has 1 fully saturated rings. The van der Waals surface area contributed by atoms with Crippen molar-refractivity contribution in [3.05, 3.63) is 12.2 Å². The number of hydrogen-bond acceptors (Lipinski definition) is 3. The first-order valence-corrected chi connectivity index (χ1v) is 7.96. The molecule has 0 saturated heterocycles. The molecule has 0 amide bonds. The van der Waals surface area contributed by atoms with E-state index < -0.39 is 0 Å². The molecule has 0 aliphatic heterocycles. The van der Waals surface area contributed by atoms with Crippen LogP contribution in [0.1, 0.15) is 44.9 Å². The molecule has 2 rings (SSSR count). The van der Waals surface area contributed by atoms with Gasteiger partial charge in [-0.3, -0.25) is 4.99 Å². The topological polar surface area (TPSA) is 67.1 Å². The Kier molecular flexibility index (Phi) is 6.02.